The Balaban J connectivity index is 2.14. The van der Waals surface area contributed by atoms with Crippen molar-refractivity contribution in [1.82, 2.24) is 0 Å². The van der Waals surface area contributed by atoms with Crippen molar-refractivity contribution in [3.05, 3.63) is 71.8 Å². The molecule has 25 heavy (non-hydrogen) atoms. The number of esters is 2. The molecule has 2 unspecified atom stereocenters. The Labute approximate surface area is 145 Å². The molecule has 0 aromatic heterocycles. The van der Waals surface area contributed by atoms with E-state index in [0.29, 0.717) is 11.1 Å². The van der Waals surface area contributed by atoms with E-state index in [4.69, 9.17) is 9.47 Å². The van der Waals surface area contributed by atoms with E-state index in [2.05, 4.69) is 0 Å². The second-order valence-electron chi connectivity index (χ2n) is 5.30. The van der Waals surface area contributed by atoms with Gasteiger partial charge in [0.2, 0.25) is 0 Å². The zero-order valence-electron chi connectivity index (χ0n) is 13.6. The number of ether oxygens (including phenoxy) is 2. The lowest BCUT2D eigenvalue weighted by Gasteiger charge is -2.17. The second-order valence-corrected chi connectivity index (χ2v) is 5.30. The summed E-state index contributed by atoms with van der Waals surface area (Å²) in [6.45, 7) is -0.299. The highest BCUT2D eigenvalue weighted by molar-refractivity contribution is 6.00. The van der Waals surface area contributed by atoms with Crippen LogP contribution in [0, 0.1) is 0 Å². The minimum atomic E-state index is -1.45. The van der Waals surface area contributed by atoms with Crippen molar-refractivity contribution < 1.29 is 29.0 Å². The molecule has 6 heteroatoms. The van der Waals surface area contributed by atoms with Gasteiger partial charge in [0.05, 0.1) is 7.11 Å². The first kappa shape index (κ1) is 18.2. The van der Waals surface area contributed by atoms with Crippen molar-refractivity contribution in [2.45, 2.75) is 11.8 Å². The van der Waals surface area contributed by atoms with Crippen LogP contribution in [0.3, 0.4) is 0 Å². The minimum absolute atomic E-state index is 0.299. The van der Waals surface area contributed by atoms with Gasteiger partial charge in [0.15, 0.2) is 5.92 Å². The quantitative estimate of drug-likeness (QED) is 0.614. The molecule has 0 spiro atoms. The zero-order valence-corrected chi connectivity index (χ0v) is 13.6. The molecule has 2 atom stereocenters. The van der Waals surface area contributed by atoms with Crippen molar-refractivity contribution in [1.29, 1.82) is 0 Å². The number of hydrogen-bond acceptors (Lipinski definition) is 5. The number of rotatable bonds is 7. The van der Waals surface area contributed by atoms with Crippen LogP contribution < -0.4 is 0 Å². The van der Waals surface area contributed by atoms with E-state index in [0.717, 1.165) is 0 Å². The SMILES string of the molecule is COC(=O)C(COC(=O)C(C(=O)O)c1ccccc1)c1ccccc1. The monoisotopic (exact) mass is 342 g/mol. The molecule has 2 rings (SSSR count). The number of benzene rings is 2. The van der Waals surface area contributed by atoms with Crippen molar-refractivity contribution in [3.63, 3.8) is 0 Å². The van der Waals surface area contributed by atoms with Gasteiger partial charge in [-0.1, -0.05) is 60.7 Å². The number of carboxylic acid groups (broad SMARTS) is 1. The smallest absolute Gasteiger partial charge is 0.324 e. The average Bonchev–Trinajstić information content (AvgIpc) is 2.63. The highest BCUT2D eigenvalue weighted by Gasteiger charge is 2.31. The van der Waals surface area contributed by atoms with Crippen LogP contribution in [-0.2, 0) is 23.9 Å². The van der Waals surface area contributed by atoms with Crippen molar-refractivity contribution in [3.8, 4) is 0 Å². The molecule has 0 aliphatic heterocycles. The van der Waals surface area contributed by atoms with Crippen LogP contribution in [0.25, 0.3) is 0 Å². The molecule has 0 fully saturated rings. The number of carboxylic acids is 1. The van der Waals surface area contributed by atoms with E-state index in [1.54, 1.807) is 48.5 Å². The highest BCUT2D eigenvalue weighted by atomic mass is 16.5. The van der Waals surface area contributed by atoms with Gasteiger partial charge in [-0.3, -0.25) is 14.4 Å². The topological polar surface area (TPSA) is 89.9 Å². The maximum atomic E-state index is 12.3. The van der Waals surface area contributed by atoms with Gasteiger partial charge >= 0.3 is 17.9 Å². The molecule has 0 bridgehead atoms. The minimum Gasteiger partial charge on any atom is -0.480 e. The van der Waals surface area contributed by atoms with E-state index in [1.165, 1.54) is 19.2 Å². The fraction of sp³-hybridized carbons (Fsp3) is 0.211. The predicted molar refractivity (Wildman–Crippen MR) is 89.0 cm³/mol. The van der Waals surface area contributed by atoms with Gasteiger partial charge in [-0.25, -0.2) is 0 Å². The standard InChI is InChI=1S/C19H18O6/c1-24-18(22)15(13-8-4-2-5-9-13)12-25-19(23)16(17(20)21)14-10-6-3-7-11-14/h2-11,15-16H,12H2,1H3,(H,20,21). The van der Waals surface area contributed by atoms with Crippen LogP contribution in [0.1, 0.15) is 23.0 Å². The summed E-state index contributed by atoms with van der Waals surface area (Å²) >= 11 is 0. The molecule has 1 N–H and O–H groups in total. The molecule has 0 amide bonds. The molecule has 0 radical (unpaired) electrons. The zero-order chi connectivity index (χ0) is 18.2. The lowest BCUT2D eigenvalue weighted by atomic mass is 9.98. The Morgan fingerprint density at radius 3 is 1.88 bits per heavy atom. The van der Waals surface area contributed by atoms with E-state index in [-0.39, 0.29) is 6.61 Å². The number of hydrogen-bond donors (Lipinski definition) is 1. The lowest BCUT2D eigenvalue weighted by Crippen LogP contribution is -2.27. The summed E-state index contributed by atoms with van der Waals surface area (Å²) in [4.78, 5) is 35.7. The van der Waals surface area contributed by atoms with Crippen LogP contribution in [0.5, 0.6) is 0 Å². The lowest BCUT2D eigenvalue weighted by molar-refractivity contribution is -0.156. The summed E-state index contributed by atoms with van der Waals surface area (Å²) in [6.07, 6.45) is 0. The maximum absolute atomic E-state index is 12.3. The summed E-state index contributed by atoms with van der Waals surface area (Å²) in [5, 5.41) is 9.34. The van der Waals surface area contributed by atoms with E-state index in [1.807, 2.05) is 0 Å². The van der Waals surface area contributed by atoms with Crippen LogP contribution in [-0.4, -0.2) is 36.7 Å². The maximum Gasteiger partial charge on any atom is 0.324 e. The molecule has 130 valence electrons. The first-order valence-electron chi connectivity index (χ1n) is 7.61. The third-order valence-corrected chi connectivity index (χ3v) is 3.70. The van der Waals surface area contributed by atoms with Gasteiger partial charge in [0.25, 0.3) is 0 Å². The third kappa shape index (κ3) is 4.67. The summed E-state index contributed by atoms with van der Waals surface area (Å²) in [6, 6.07) is 16.8. The van der Waals surface area contributed by atoms with Gasteiger partial charge in [-0.05, 0) is 11.1 Å². The van der Waals surface area contributed by atoms with Crippen LogP contribution in [0.2, 0.25) is 0 Å². The molecule has 0 aliphatic rings. The number of carbonyl (C=O) groups excluding carboxylic acids is 2. The Bertz CT molecular complexity index is 726. The van der Waals surface area contributed by atoms with Crippen LogP contribution >= 0.6 is 0 Å². The molecular formula is C19H18O6. The largest absolute Gasteiger partial charge is 0.480 e. The summed E-state index contributed by atoms with van der Waals surface area (Å²) in [5.41, 5.74) is 0.933. The van der Waals surface area contributed by atoms with Crippen molar-refractivity contribution in [2.24, 2.45) is 0 Å². The van der Waals surface area contributed by atoms with Gasteiger partial charge in [-0.15, -0.1) is 0 Å². The first-order chi connectivity index (χ1) is 12.0. The van der Waals surface area contributed by atoms with E-state index < -0.39 is 29.7 Å². The Kier molecular flexibility index (Phi) is 6.28. The predicted octanol–water partition coefficient (Wildman–Crippen LogP) is 2.35. The normalized spacial score (nSPS) is 12.7. The van der Waals surface area contributed by atoms with Gasteiger partial charge in [-0.2, -0.15) is 0 Å². The Morgan fingerprint density at radius 2 is 1.40 bits per heavy atom. The van der Waals surface area contributed by atoms with Gasteiger partial charge in [0.1, 0.15) is 12.5 Å². The number of aliphatic carboxylic acids is 1. The second kappa shape index (κ2) is 8.63. The fourth-order valence-electron chi connectivity index (χ4n) is 2.40. The molecule has 0 heterocycles. The molecule has 2 aromatic rings. The summed E-state index contributed by atoms with van der Waals surface area (Å²) < 4.78 is 9.88. The van der Waals surface area contributed by atoms with Crippen molar-refractivity contribution in [2.75, 3.05) is 13.7 Å². The number of carbonyl (C=O) groups is 3. The summed E-state index contributed by atoms with van der Waals surface area (Å²) in [5.74, 6) is -5.07. The third-order valence-electron chi connectivity index (χ3n) is 3.70. The highest BCUT2D eigenvalue weighted by Crippen LogP contribution is 2.21. The molecule has 2 aromatic carbocycles. The molecule has 6 nitrogen and oxygen atoms in total. The Hall–Kier alpha value is -3.15. The van der Waals surface area contributed by atoms with Crippen molar-refractivity contribution >= 4 is 17.9 Å². The van der Waals surface area contributed by atoms with E-state index >= 15 is 0 Å². The first-order valence-corrected chi connectivity index (χ1v) is 7.61. The molecular weight excluding hydrogens is 324 g/mol. The van der Waals surface area contributed by atoms with Gasteiger partial charge < -0.3 is 14.6 Å². The fourth-order valence-corrected chi connectivity index (χ4v) is 2.40. The van der Waals surface area contributed by atoms with E-state index in [9.17, 15) is 19.5 Å². The Morgan fingerprint density at radius 1 is 0.880 bits per heavy atom. The van der Waals surface area contributed by atoms with Gasteiger partial charge in [0, 0.05) is 0 Å². The molecule has 0 aliphatic carbocycles. The molecule has 0 saturated heterocycles. The van der Waals surface area contributed by atoms with Crippen LogP contribution in [0.4, 0.5) is 0 Å². The summed E-state index contributed by atoms with van der Waals surface area (Å²) in [7, 11) is 1.24. The average molecular weight is 342 g/mol. The number of methoxy groups -OCH3 is 1. The van der Waals surface area contributed by atoms with Crippen LogP contribution in [0.15, 0.2) is 60.7 Å². The molecule has 0 saturated carbocycles.